The van der Waals surface area contributed by atoms with Crippen LogP contribution in [0.4, 0.5) is 0 Å². The Kier molecular flexibility index (Phi) is 5.07. The van der Waals surface area contributed by atoms with Crippen LogP contribution in [0.2, 0.25) is 0 Å². The average molecular weight is 212 g/mol. The molecule has 0 aliphatic carbocycles. The molecule has 0 amide bonds. The summed E-state index contributed by atoms with van der Waals surface area (Å²) in [6.07, 6.45) is 2.67. The zero-order chi connectivity index (χ0) is 11.1. The minimum absolute atomic E-state index is 0.0318. The molecule has 0 spiro atoms. The Morgan fingerprint density at radius 2 is 2.07 bits per heavy atom. The van der Waals surface area contributed by atoms with Gasteiger partial charge in [0.2, 0.25) is 0 Å². The lowest BCUT2D eigenvalue weighted by atomic mass is 10.1. The molecular formula is C11H16O4. The largest absolute Gasteiger partial charge is 0.472 e. The summed E-state index contributed by atoms with van der Waals surface area (Å²) in [5, 5.41) is 0. The summed E-state index contributed by atoms with van der Waals surface area (Å²) in [5.74, 6) is -0.0318. The highest BCUT2D eigenvalue weighted by Gasteiger charge is 2.16. The molecular weight excluding hydrogens is 196 g/mol. The van der Waals surface area contributed by atoms with Crippen molar-refractivity contribution >= 4 is 5.78 Å². The highest BCUT2D eigenvalue weighted by atomic mass is 16.7. The molecule has 0 N–H and O–H groups in total. The van der Waals surface area contributed by atoms with Gasteiger partial charge in [0.1, 0.15) is 6.26 Å². The molecule has 0 unspecified atom stereocenters. The number of carbonyl (C=O) groups excluding carboxylic acids is 1. The van der Waals surface area contributed by atoms with Crippen LogP contribution >= 0.6 is 0 Å². The molecule has 1 aromatic rings. The van der Waals surface area contributed by atoms with Gasteiger partial charge in [0, 0.05) is 13.2 Å². The minimum atomic E-state index is -0.456. The van der Waals surface area contributed by atoms with E-state index >= 15 is 0 Å². The molecule has 1 rings (SSSR count). The van der Waals surface area contributed by atoms with E-state index in [1.165, 1.54) is 12.5 Å². The van der Waals surface area contributed by atoms with E-state index in [4.69, 9.17) is 13.9 Å². The predicted molar refractivity (Wildman–Crippen MR) is 54.7 cm³/mol. The van der Waals surface area contributed by atoms with Crippen LogP contribution in [-0.4, -0.2) is 25.3 Å². The predicted octanol–water partition coefficient (Wildman–Crippen LogP) is 2.25. The summed E-state index contributed by atoms with van der Waals surface area (Å²) < 4.78 is 15.4. The Bertz CT molecular complexity index is 273. The molecule has 0 fully saturated rings. The van der Waals surface area contributed by atoms with Crippen LogP contribution in [-0.2, 0) is 9.47 Å². The first-order chi connectivity index (χ1) is 7.27. The molecule has 1 aromatic heterocycles. The first-order valence-corrected chi connectivity index (χ1v) is 5.06. The number of carbonyl (C=O) groups is 1. The molecule has 0 atom stereocenters. The van der Waals surface area contributed by atoms with Crippen molar-refractivity contribution < 1.29 is 18.7 Å². The molecule has 0 aliphatic rings. The monoisotopic (exact) mass is 212 g/mol. The zero-order valence-electron chi connectivity index (χ0n) is 9.06. The Labute approximate surface area is 89.2 Å². The number of Topliss-reactive ketones (excluding diaryl/α,β-unsaturated/α-hetero) is 1. The van der Waals surface area contributed by atoms with Crippen molar-refractivity contribution in [3.05, 3.63) is 24.2 Å². The molecule has 0 aromatic carbocycles. The summed E-state index contributed by atoms with van der Waals surface area (Å²) in [5.41, 5.74) is 0.555. The Morgan fingerprint density at radius 1 is 1.40 bits per heavy atom. The van der Waals surface area contributed by atoms with Crippen LogP contribution in [0.1, 0.15) is 30.6 Å². The van der Waals surface area contributed by atoms with Crippen molar-refractivity contribution in [3.8, 4) is 0 Å². The molecule has 0 bridgehead atoms. The highest BCUT2D eigenvalue weighted by molar-refractivity contribution is 5.95. The highest BCUT2D eigenvalue weighted by Crippen LogP contribution is 2.09. The SMILES string of the molecule is CCOC(CC(=O)c1ccoc1)OCC. The van der Waals surface area contributed by atoms with Crippen molar-refractivity contribution in [1.29, 1.82) is 0 Å². The maximum absolute atomic E-state index is 11.6. The van der Waals surface area contributed by atoms with Crippen LogP contribution in [0.25, 0.3) is 0 Å². The molecule has 4 heteroatoms. The maximum atomic E-state index is 11.6. The molecule has 0 radical (unpaired) electrons. The molecule has 0 saturated carbocycles. The van der Waals surface area contributed by atoms with Crippen molar-refractivity contribution in [2.24, 2.45) is 0 Å². The number of furan rings is 1. The standard InChI is InChI=1S/C11H16O4/c1-3-14-11(15-4-2)7-10(12)9-5-6-13-8-9/h5-6,8,11H,3-4,7H2,1-2H3. The number of hydrogen-bond acceptors (Lipinski definition) is 4. The fraction of sp³-hybridized carbons (Fsp3) is 0.545. The van der Waals surface area contributed by atoms with Gasteiger partial charge in [0.15, 0.2) is 12.1 Å². The third-order valence-electron chi connectivity index (χ3n) is 1.90. The summed E-state index contributed by atoms with van der Waals surface area (Å²) in [4.78, 5) is 11.6. The minimum Gasteiger partial charge on any atom is -0.472 e. The van der Waals surface area contributed by atoms with Crippen LogP contribution in [0.5, 0.6) is 0 Å². The van der Waals surface area contributed by atoms with E-state index in [0.29, 0.717) is 18.8 Å². The van der Waals surface area contributed by atoms with E-state index < -0.39 is 6.29 Å². The Morgan fingerprint density at radius 3 is 2.53 bits per heavy atom. The van der Waals surface area contributed by atoms with E-state index in [2.05, 4.69) is 0 Å². The molecule has 0 saturated heterocycles. The van der Waals surface area contributed by atoms with Gasteiger partial charge in [-0.2, -0.15) is 0 Å². The van der Waals surface area contributed by atoms with Gasteiger partial charge < -0.3 is 13.9 Å². The van der Waals surface area contributed by atoms with Gasteiger partial charge in [-0.1, -0.05) is 0 Å². The van der Waals surface area contributed by atoms with Gasteiger partial charge >= 0.3 is 0 Å². The fourth-order valence-electron chi connectivity index (χ4n) is 1.23. The number of ether oxygens (including phenoxy) is 2. The lowest BCUT2D eigenvalue weighted by molar-refractivity contribution is -0.133. The second-order valence-electron chi connectivity index (χ2n) is 2.98. The molecule has 0 aliphatic heterocycles. The second kappa shape index (κ2) is 6.37. The third kappa shape index (κ3) is 3.85. The first kappa shape index (κ1) is 11.9. The number of rotatable bonds is 7. The van der Waals surface area contributed by atoms with E-state index in [1.807, 2.05) is 13.8 Å². The van der Waals surface area contributed by atoms with Gasteiger partial charge in [-0.05, 0) is 19.9 Å². The third-order valence-corrected chi connectivity index (χ3v) is 1.90. The topological polar surface area (TPSA) is 48.7 Å². The van der Waals surface area contributed by atoms with E-state index in [9.17, 15) is 4.79 Å². The van der Waals surface area contributed by atoms with Crippen LogP contribution < -0.4 is 0 Å². The zero-order valence-corrected chi connectivity index (χ0v) is 9.06. The van der Waals surface area contributed by atoms with Gasteiger partial charge in [0.25, 0.3) is 0 Å². The second-order valence-corrected chi connectivity index (χ2v) is 2.98. The van der Waals surface area contributed by atoms with Gasteiger partial charge in [0.05, 0.1) is 18.2 Å². The Hall–Kier alpha value is -1.13. The first-order valence-electron chi connectivity index (χ1n) is 5.06. The normalized spacial score (nSPS) is 10.9. The molecule has 1 heterocycles. The smallest absolute Gasteiger partial charge is 0.171 e. The Balaban J connectivity index is 2.47. The lowest BCUT2D eigenvalue weighted by Crippen LogP contribution is -2.21. The molecule has 15 heavy (non-hydrogen) atoms. The van der Waals surface area contributed by atoms with E-state index in [1.54, 1.807) is 6.07 Å². The number of hydrogen-bond donors (Lipinski definition) is 0. The molecule has 4 nitrogen and oxygen atoms in total. The lowest BCUT2D eigenvalue weighted by Gasteiger charge is -2.15. The maximum Gasteiger partial charge on any atom is 0.171 e. The van der Waals surface area contributed by atoms with Crippen LogP contribution in [0.15, 0.2) is 23.0 Å². The fourth-order valence-corrected chi connectivity index (χ4v) is 1.23. The van der Waals surface area contributed by atoms with Crippen molar-refractivity contribution in [2.45, 2.75) is 26.6 Å². The average Bonchev–Trinajstić information content (AvgIpc) is 2.71. The van der Waals surface area contributed by atoms with E-state index in [0.717, 1.165) is 0 Å². The summed E-state index contributed by atoms with van der Waals surface area (Å²) in [6.45, 7) is 4.80. The quantitative estimate of drug-likeness (QED) is 0.513. The van der Waals surface area contributed by atoms with E-state index in [-0.39, 0.29) is 12.2 Å². The van der Waals surface area contributed by atoms with Crippen molar-refractivity contribution in [3.63, 3.8) is 0 Å². The van der Waals surface area contributed by atoms with Crippen molar-refractivity contribution in [2.75, 3.05) is 13.2 Å². The van der Waals surface area contributed by atoms with Gasteiger partial charge in [-0.25, -0.2) is 0 Å². The van der Waals surface area contributed by atoms with Gasteiger partial charge in [-0.15, -0.1) is 0 Å². The number of ketones is 1. The van der Waals surface area contributed by atoms with Crippen LogP contribution in [0, 0.1) is 0 Å². The summed E-state index contributed by atoms with van der Waals surface area (Å²) in [7, 11) is 0. The molecule has 84 valence electrons. The van der Waals surface area contributed by atoms with Crippen LogP contribution in [0.3, 0.4) is 0 Å². The van der Waals surface area contributed by atoms with Gasteiger partial charge in [-0.3, -0.25) is 4.79 Å². The summed E-state index contributed by atoms with van der Waals surface area (Å²) in [6, 6.07) is 1.64. The van der Waals surface area contributed by atoms with Crippen molar-refractivity contribution in [1.82, 2.24) is 0 Å². The summed E-state index contributed by atoms with van der Waals surface area (Å²) >= 11 is 0.